The lowest BCUT2D eigenvalue weighted by Gasteiger charge is -2.22. The molecule has 0 saturated carbocycles. The maximum Gasteiger partial charge on any atom is 0.252 e. The van der Waals surface area contributed by atoms with Crippen LogP contribution in [-0.2, 0) is 7.05 Å². The number of aromatic nitrogens is 3. The zero-order chi connectivity index (χ0) is 23.7. The van der Waals surface area contributed by atoms with Crippen LogP contribution in [0.3, 0.4) is 0 Å². The number of fused-ring (bicyclic) bond motifs is 1. The number of carbonyl (C=O) groups is 1. The van der Waals surface area contributed by atoms with Crippen LogP contribution in [-0.4, -0.2) is 45.8 Å². The maximum absolute atomic E-state index is 14.7. The molecule has 1 fully saturated rings. The highest BCUT2D eigenvalue weighted by Crippen LogP contribution is 2.32. The number of nitrogens with two attached hydrogens (primary N) is 2. The molecule has 3 aromatic rings. The zero-order valence-electron chi connectivity index (χ0n) is 19.2. The fourth-order valence-electron chi connectivity index (χ4n) is 4.28. The van der Waals surface area contributed by atoms with Gasteiger partial charge >= 0.3 is 0 Å². The first-order chi connectivity index (χ1) is 15.8. The van der Waals surface area contributed by atoms with E-state index in [9.17, 15) is 9.18 Å². The quantitative estimate of drug-likeness (QED) is 0.412. The Hall–Kier alpha value is -3.40. The van der Waals surface area contributed by atoms with Crippen LogP contribution in [0.5, 0.6) is 0 Å². The lowest BCUT2D eigenvalue weighted by Crippen LogP contribution is -2.38. The van der Waals surface area contributed by atoms with Crippen LogP contribution in [0.15, 0.2) is 24.3 Å². The number of hydrogen-bond donors (Lipinski definition) is 4. The molecule has 0 aliphatic carbocycles. The van der Waals surface area contributed by atoms with E-state index in [0.29, 0.717) is 12.1 Å². The minimum atomic E-state index is -0.769. The van der Waals surface area contributed by atoms with Crippen LogP contribution in [0.1, 0.15) is 43.5 Å². The third-order valence-corrected chi connectivity index (χ3v) is 6.14. The van der Waals surface area contributed by atoms with Crippen LogP contribution in [0.2, 0.25) is 0 Å². The Morgan fingerprint density at radius 2 is 1.97 bits per heavy atom. The van der Waals surface area contributed by atoms with Crippen molar-refractivity contribution in [3.63, 3.8) is 0 Å². The first-order valence-electron chi connectivity index (χ1n) is 11.3. The van der Waals surface area contributed by atoms with Gasteiger partial charge in [-0.2, -0.15) is 5.10 Å². The number of carbonyl (C=O) groups excluding carboxylic acids is 1. The molecule has 1 aliphatic heterocycles. The van der Waals surface area contributed by atoms with Crippen molar-refractivity contribution in [3.8, 4) is 0 Å². The molecular formula is C23H31FN8O. The summed E-state index contributed by atoms with van der Waals surface area (Å²) in [7, 11) is 1.92. The Bertz CT molecular complexity index is 1170. The molecule has 33 heavy (non-hydrogen) atoms. The molecule has 1 saturated heterocycles. The minimum Gasteiger partial charge on any atom is -0.365 e. The SMILES string of the molecule is CC[C@@H](Nc1nc(Nc2ccc3c(c2)c(N2CCCC2)nn3C)c(C(N)=O)cc1F)[C@H](C)N. The Kier molecular flexibility index (Phi) is 6.37. The second-order valence-electron chi connectivity index (χ2n) is 8.60. The summed E-state index contributed by atoms with van der Waals surface area (Å²) in [5.41, 5.74) is 13.2. The van der Waals surface area contributed by atoms with E-state index >= 15 is 0 Å². The molecule has 9 nitrogen and oxygen atoms in total. The van der Waals surface area contributed by atoms with Gasteiger partial charge in [0.25, 0.3) is 5.91 Å². The standard InChI is InChI=1S/C23H31FN8O/c1-4-18(13(2)25)28-22-17(24)12-16(20(26)33)21(29-22)27-14-7-8-19-15(11-14)23(30-31(19)3)32-9-5-6-10-32/h7-8,11-13,18H,4-6,9-10,25H2,1-3H3,(H2,26,33)(H2,27,28,29)/t13-,18+/m0/s1. The van der Waals surface area contributed by atoms with Gasteiger partial charge in [-0.25, -0.2) is 9.37 Å². The molecule has 176 valence electrons. The first-order valence-corrected chi connectivity index (χ1v) is 11.3. The zero-order valence-corrected chi connectivity index (χ0v) is 19.2. The van der Waals surface area contributed by atoms with E-state index in [4.69, 9.17) is 16.6 Å². The van der Waals surface area contributed by atoms with Gasteiger partial charge < -0.3 is 27.0 Å². The van der Waals surface area contributed by atoms with Crippen molar-refractivity contribution in [3.05, 3.63) is 35.6 Å². The average molecular weight is 455 g/mol. The topological polar surface area (TPSA) is 127 Å². The molecular weight excluding hydrogens is 423 g/mol. The highest BCUT2D eigenvalue weighted by atomic mass is 19.1. The van der Waals surface area contributed by atoms with Gasteiger partial charge in [0.2, 0.25) is 0 Å². The monoisotopic (exact) mass is 454 g/mol. The summed E-state index contributed by atoms with van der Waals surface area (Å²) in [5.74, 6) is -0.299. The molecule has 1 aliphatic rings. The van der Waals surface area contributed by atoms with Gasteiger partial charge in [-0.3, -0.25) is 9.48 Å². The number of amides is 1. The average Bonchev–Trinajstić information content (AvgIpc) is 3.41. The third-order valence-electron chi connectivity index (χ3n) is 6.14. The van der Waals surface area contributed by atoms with Crippen molar-refractivity contribution in [1.82, 2.24) is 14.8 Å². The number of nitrogens with zero attached hydrogens (tertiary/aromatic N) is 4. The molecule has 3 heterocycles. The predicted molar refractivity (Wildman–Crippen MR) is 130 cm³/mol. The summed E-state index contributed by atoms with van der Waals surface area (Å²) in [6.07, 6.45) is 2.98. The summed E-state index contributed by atoms with van der Waals surface area (Å²) >= 11 is 0. The van der Waals surface area contributed by atoms with Gasteiger partial charge in [-0.15, -0.1) is 0 Å². The van der Waals surface area contributed by atoms with Crippen molar-refractivity contribution < 1.29 is 9.18 Å². The Morgan fingerprint density at radius 1 is 1.24 bits per heavy atom. The Labute approximate surface area is 192 Å². The van der Waals surface area contributed by atoms with Crippen LogP contribution in [0, 0.1) is 5.82 Å². The molecule has 1 aromatic carbocycles. The van der Waals surface area contributed by atoms with Gasteiger partial charge in [0, 0.05) is 43.3 Å². The molecule has 6 N–H and O–H groups in total. The third kappa shape index (κ3) is 4.56. The fourth-order valence-corrected chi connectivity index (χ4v) is 4.28. The molecule has 4 rings (SSSR count). The highest BCUT2D eigenvalue weighted by molar-refractivity contribution is 5.99. The van der Waals surface area contributed by atoms with Crippen LogP contribution < -0.4 is 27.0 Å². The van der Waals surface area contributed by atoms with E-state index in [0.717, 1.165) is 48.7 Å². The number of nitrogens with one attached hydrogen (secondary N) is 2. The van der Waals surface area contributed by atoms with Gasteiger partial charge in [0.1, 0.15) is 5.82 Å². The molecule has 10 heteroatoms. The fraction of sp³-hybridized carbons (Fsp3) is 0.435. The smallest absolute Gasteiger partial charge is 0.252 e. The van der Waals surface area contributed by atoms with Gasteiger partial charge in [-0.1, -0.05) is 6.92 Å². The number of aryl methyl sites for hydroxylation is 1. The van der Waals surface area contributed by atoms with Gasteiger partial charge in [0.05, 0.1) is 11.1 Å². The number of primary amides is 1. The summed E-state index contributed by atoms with van der Waals surface area (Å²) in [5, 5.41) is 11.9. The van der Waals surface area contributed by atoms with E-state index in [2.05, 4.69) is 20.5 Å². The number of halogens is 1. The molecule has 2 aromatic heterocycles. The summed E-state index contributed by atoms with van der Waals surface area (Å²) in [4.78, 5) is 18.7. The number of benzene rings is 1. The molecule has 0 radical (unpaired) electrons. The number of anilines is 4. The number of hydrogen-bond acceptors (Lipinski definition) is 7. The lowest BCUT2D eigenvalue weighted by molar-refractivity contribution is 0.100. The van der Waals surface area contributed by atoms with Crippen LogP contribution in [0.4, 0.5) is 27.5 Å². The number of rotatable bonds is 8. The second-order valence-corrected chi connectivity index (χ2v) is 8.60. The summed E-state index contributed by atoms with van der Waals surface area (Å²) in [6.45, 7) is 5.75. The maximum atomic E-state index is 14.7. The number of pyridine rings is 1. The summed E-state index contributed by atoms with van der Waals surface area (Å²) in [6, 6.07) is 6.52. The van der Waals surface area contributed by atoms with E-state index in [-0.39, 0.29) is 29.3 Å². The second kappa shape index (κ2) is 9.22. The molecule has 0 spiro atoms. The highest BCUT2D eigenvalue weighted by Gasteiger charge is 2.21. The van der Waals surface area contributed by atoms with Gasteiger partial charge in [0.15, 0.2) is 17.5 Å². The largest absolute Gasteiger partial charge is 0.365 e. The van der Waals surface area contributed by atoms with E-state index in [1.807, 2.05) is 43.8 Å². The Balaban J connectivity index is 1.72. The summed E-state index contributed by atoms with van der Waals surface area (Å²) < 4.78 is 16.6. The molecule has 0 unspecified atom stereocenters. The van der Waals surface area contributed by atoms with Crippen molar-refractivity contribution in [1.29, 1.82) is 0 Å². The van der Waals surface area contributed by atoms with Gasteiger partial charge in [-0.05, 0) is 50.5 Å². The first kappa shape index (κ1) is 22.8. The van der Waals surface area contributed by atoms with E-state index in [1.54, 1.807) is 0 Å². The molecule has 0 bridgehead atoms. The minimum absolute atomic E-state index is 0.0202. The van der Waals surface area contributed by atoms with Crippen LogP contribution in [0.25, 0.3) is 10.9 Å². The Morgan fingerprint density at radius 3 is 2.61 bits per heavy atom. The van der Waals surface area contributed by atoms with E-state index < -0.39 is 11.7 Å². The van der Waals surface area contributed by atoms with Crippen molar-refractivity contribution >= 4 is 40.0 Å². The lowest BCUT2D eigenvalue weighted by atomic mass is 10.1. The molecule has 1 amide bonds. The normalized spacial score (nSPS) is 15.6. The van der Waals surface area contributed by atoms with Crippen LogP contribution >= 0.6 is 0 Å². The van der Waals surface area contributed by atoms with Crippen molar-refractivity contribution in [2.24, 2.45) is 18.5 Å². The van der Waals surface area contributed by atoms with E-state index in [1.165, 1.54) is 0 Å². The predicted octanol–water partition coefficient (Wildman–Crippen LogP) is 3.09. The van der Waals surface area contributed by atoms with Crippen molar-refractivity contribution in [2.75, 3.05) is 28.6 Å². The van der Waals surface area contributed by atoms with Crippen molar-refractivity contribution in [2.45, 2.75) is 45.2 Å². The molecule has 2 atom stereocenters.